The zero-order chi connectivity index (χ0) is 14.3. The van der Waals surface area contributed by atoms with Crippen LogP contribution >= 0.6 is 0 Å². The van der Waals surface area contributed by atoms with Crippen LogP contribution in [0.3, 0.4) is 0 Å². The van der Waals surface area contributed by atoms with Gasteiger partial charge >= 0.3 is 0 Å². The van der Waals surface area contributed by atoms with Gasteiger partial charge in [-0.15, -0.1) is 0 Å². The first-order valence-electron chi connectivity index (χ1n) is 7.40. The Bertz CT molecular complexity index is 503. The number of fused-ring (bicyclic) bond motifs is 2. The first kappa shape index (κ1) is 13.9. The van der Waals surface area contributed by atoms with Gasteiger partial charge < -0.3 is 9.47 Å². The molecule has 0 aliphatic carbocycles. The van der Waals surface area contributed by atoms with Gasteiger partial charge in [-0.25, -0.2) is 0 Å². The lowest BCUT2D eigenvalue weighted by Crippen LogP contribution is -2.38. The van der Waals surface area contributed by atoms with Crippen LogP contribution in [0.2, 0.25) is 0 Å². The summed E-state index contributed by atoms with van der Waals surface area (Å²) < 4.78 is 11.6. The predicted octanol–water partition coefficient (Wildman–Crippen LogP) is 2.38. The van der Waals surface area contributed by atoms with Crippen LogP contribution in [0.4, 0.5) is 0 Å². The summed E-state index contributed by atoms with van der Waals surface area (Å²) >= 11 is 0. The van der Waals surface area contributed by atoms with Crippen molar-refractivity contribution >= 4 is 0 Å². The molecular weight excluding hydrogens is 252 g/mol. The molecule has 2 fully saturated rings. The maximum Gasteiger partial charge on any atom is 0.124 e. The lowest BCUT2D eigenvalue weighted by molar-refractivity contribution is 0.0854. The largest absolute Gasteiger partial charge is 0.496 e. The van der Waals surface area contributed by atoms with Crippen LogP contribution in [-0.4, -0.2) is 19.3 Å². The maximum atomic E-state index is 5.99. The van der Waals surface area contributed by atoms with Gasteiger partial charge in [0, 0.05) is 11.5 Å². The van der Waals surface area contributed by atoms with Crippen LogP contribution in [0, 0.1) is 19.8 Å². The van der Waals surface area contributed by atoms with E-state index in [1.54, 1.807) is 7.11 Å². The highest BCUT2D eigenvalue weighted by molar-refractivity contribution is 5.45. The number of ether oxygens (including phenoxy) is 2. The van der Waals surface area contributed by atoms with Crippen LogP contribution in [0.5, 0.6) is 5.75 Å². The molecule has 1 aromatic carbocycles. The van der Waals surface area contributed by atoms with Crippen molar-refractivity contribution in [2.75, 3.05) is 7.11 Å². The molecule has 2 heterocycles. The van der Waals surface area contributed by atoms with E-state index in [9.17, 15) is 0 Å². The average molecular weight is 276 g/mol. The summed E-state index contributed by atoms with van der Waals surface area (Å²) in [5.41, 5.74) is 6.64. The number of hydrazine groups is 1. The average Bonchev–Trinajstić information content (AvgIpc) is 3.04. The third-order valence-corrected chi connectivity index (χ3v) is 4.78. The Kier molecular flexibility index (Phi) is 3.71. The van der Waals surface area contributed by atoms with Crippen molar-refractivity contribution in [1.82, 2.24) is 5.43 Å². The maximum absolute atomic E-state index is 5.99. The molecule has 110 valence electrons. The van der Waals surface area contributed by atoms with Crippen molar-refractivity contribution in [1.29, 1.82) is 0 Å². The lowest BCUT2D eigenvalue weighted by atomic mass is 9.79. The molecule has 2 aliphatic rings. The summed E-state index contributed by atoms with van der Waals surface area (Å²) in [5.74, 6) is 7.25. The molecule has 3 rings (SSSR count). The zero-order valence-electron chi connectivity index (χ0n) is 12.5. The minimum atomic E-state index is 0.0980. The number of aryl methyl sites for hydroxylation is 2. The van der Waals surface area contributed by atoms with Gasteiger partial charge in [-0.05, 0) is 50.3 Å². The zero-order valence-corrected chi connectivity index (χ0v) is 12.5. The van der Waals surface area contributed by atoms with E-state index >= 15 is 0 Å². The van der Waals surface area contributed by atoms with Gasteiger partial charge in [0.15, 0.2) is 0 Å². The van der Waals surface area contributed by atoms with Gasteiger partial charge in [-0.1, -0.05) is 6.07 Å². The molecule has 20 heavy (non-hydrogen) atoms. The van der Waals surface area contributed by atoms with Gasteiger partial charge in [-0.3, -0.25) is 11.3 Å². The van der Waals surface area contributed by atoms with E-state index in [2.05, 4.69) is 31.4 Å². The van der Waals surface area contributed by atoms with Gasteiger partial charge in [0.25, 0.3) is 0 Å². The molecular formula is C16H24N2O2. The smallest absolute Gasteiger partial charge is 0.124 e. The fourth-order valence-electron chi connectivity index (χ4n) is 3.96. The van der Waals surface area contributed by atoms with Crippen LogP contribution < -0.4 is 16.0 Å². The molecule has 0 saturated carbocycles. The minimum absolute atomic E-state index is 0.0980. The summed E-state index contributed by atoms with van der Waals surface area (Å²) in [6, 6.07) is 4.37. The van der Waals surface area contributed by atoms with Crippen molar-refractivity contribution in [3.63, 3.8) is 0 Å². The number of benzene rings is 1. The highest BCUT2D eigenvalue weighted by Gasteiger charge is 2.45. The lowest BCUT2D eigenvalue weighted by Gasteiger charge is -2.30. The molecule has 0 spiro atoms. The normalized spacial score (nSPS) is 29.7. The number of methoxy groups -OCH3 is 1. The van der Waals surface area contributed by atoms with E-state index in [0.29, 0.717) is 18.1 Å². The number of hydrogen-bond acceptors (Lipinski definition) is 4. The Balaban J connectivity index is 1.97. The summed E-state index contributed by atoms with van der Waals surface area (Å²) in [5, 5.41) is 0. The third-order valence-electron chi connectivity index (χ3n) is 4.78. The van der Waals surface area contributed by atoms with Crippen molar-refractivity contribution in [3.05, 3.63) is 28.8 Å². The number of hydrogen-bond donors (Lipinski definition) is 2. The van der Waals surface area contributed by atoms with E-state index in [1.807, 2.05) is 0 Å². The Morgan fingerprint density at radius 2 is 2.15 bits per heavy atom. The van der Waals surface area contributed by atoms with Crippen molar-refractivity contribution in [2.24, 2.45) is 11.8 Å². The second-order valence-corrected chi connectivity index (χ2v) is 6.12. The molecule has 1 aromatic rings. The van der Waals surface area contributed by atoms with Gasteiger partial charge in [-0.2, -0.15) is 0 Å². The molecule has 2 aliphatic heterocycles. The molecule has 0 radical (unpaired) electrons. The molecule has 4 atom stereocenters. The number of nitrogens with two attached hydrogens (primary N) is 1. The van der Waals surface area contributed by atoms with Crippen molar-refractivity contribution in [3.8, 4) is 5.75 Å². The predicted molar refractivity (Wildman–Crippen MR) is 78.5 cm³/mol. The quantitative estimate of drug-likeness (QED) is 0.655. The third kappa shape index (κ3) is 2.22. The molecule has 4 unspecified atom stereocenters. The minimum Gasteiger partial charge on any atom is -0.496 e. The Morgan fingerprint density at radius 3 is 2.70 bits per heavy atom. The molecule has 4 heteroatoms. The second kappa shape index (κ2) is 5.35. The standard InChI is InChI=1S/C16H24N2O2/c1-9-6-10(2)15(14(7-9)19-3)16(18-17)12-8-11-4-5-13(12)20-11/h6-7,11-13,16,18H,4-5,8,17H2,1-3H3. The van der Waals surface area contributed by atoms with Gasteiger partial charge in [0.05, 0.1) is 25.4 Å². The van der Waals surface area contributed by atoms with Crippen molar-refractivity contribution in [2.45, 2.75) is 51.4 Å². The number of nitrogens with one attached hydrogen (secondary N) is 1. The number of rotatable bonds is 4. The monoisotopic (exact) mass is 276 g/mol. The van der Waals surface area contributed by atoms with E-state index < -0.39 is 0 Å². The molecule has 4 nitrogen and oxygen atoms in total. The Hall–Kier alpha value is -1.10. The first-order valence-corrected chi connectivity index (χ1v) is 7.40. The van der Waals surface area contributed by atoms with Crippen LogP contribution in [0.15, 0.2) is 12.1 Å². The fraction of sp³-hybridized carbons (Fsp3) is 0.625. The van der Waals surface area contributed by atoms with Gasteiger partial charge in [0.2, 0.25) is 0 Å². The fourth-order valence-corrected chi connectivity index (χ4v) is 3.96. The summed E-state index contributed by atoms with van der Waals surface area (Å²) in [4.78, 5) is 0. The Labute approximate surface area is 120 Å². The SMILES string of the molecule is COc1cc(C)cc(C)c1C(NN)C1CC2CCC1O2. The van der Waals surface area contributed by atoms with E-state index in [1.165, 1.54) is 23.1 Å². The molecule has 0 aromatic heterocycles. The highest BCUT2D eigenvalue weighted by atomic mass is 16.5. The van der Waals surface area contributed by atoms with E-state index in [4.69, 9.17) is 15.3 Å². The van der Waals surface area contributed by atoms with Gasteiger partial charge in [0.1, 0.15) is 5.75 Å². The van der Waals surface area contributed by atoms with Crippen LogP contribution in [-0.2, 0) is 4.74 Å². The van der Waals surface area contributed by atoms with E-state index in [0.717, 1.165) is 18.6 Å². The molecule has 3 N–H and O–H groups in total. The molecule has 0 amide bonds. The second-order valence-electron chi connectivity index (χ2n) is 6.12. The summed E-state index contributed by atoms with van der Waals surface area (Å²) in [6.45, 7) is 4.22. The topological polar surface area (TPSA) is 56.5 Å². The van der Waals surface area contributed by atoms with Crippen LogP contribution in [0.25, 0.3) is 0 Å². The summed E-state index contributed by atoms with van der Waals surface area (Å²) in [6.07, 6.45) is 4.21. The van der Waals surface area contributed by atoms with Crippen LogP contribution in [0.1, 0.15) is 42.0 Å². The van der Waals surface area contributed by atoms with E-state index in [-0.39, 0.29) is 6.04 Å². The molecule has 2 saturated heterocycles. The highest BCUT2D eigenvalue weighted by Crippen LogP contribution is 2.46. The molecule has 2 bridgehead atoms. The Morgan fingerprint density at radius 1 is 1.35 bits per heavy atom. The summed E-state index contributed by atoms with van der Waals surface area (Å²) in [7, 11) is 1.72. The first-order chi connectivity index (χ1) is 9.63. The van der Waals surface area contributed by atoms with Crippen molar-refractivity contribution < 1.29 is 9.47 Å².